The molecular weight excluding hydrogens is 1390 g/mol. The molecule has 0 atom stereocenters. The second-order valence-electron chi connectivity index (χ2n) is 34.7. The van der Waals surface area contributed by atoms with Gasteiger partial charge in [-0.25, -0.2) is 0 Å². The molecule has 108 heavy (non-hydrogen) atoms. The Hall–Kier alpha value is -9.33. The number of nitrogens with zero attached hydrogens (tertiary/aromatic N) is 2. The summed E-state index contributed by atoms with van der Waals surface area (Å²) in [6, 6.07) is 90.0. The van der Waals surface area contributed by atoms with Crippen LogP contribution in [0.25, 0.3) is 142 Å². The second-order valence-corrected chi connectivity index (χ2v) is 35.6. The molecule has 2 aliphatic carbocycles. The molecule has 16 aromatic rings. The van der Waals surface area contributed by atoms with Gasteiger partial charge in [0.25, 0.3) is 0 Å². The maximum atomic E-state index is 6.51. The van der Waals surface area contributed by atoms with Gasteiger partial charge in [-0.05, 0) is 264 Å². The topological polar surface area (TPSA) is 65.2 Å². The molecule has 12 heteroatoms. The number of hydrogen-bond donors (Lipinski definition) is 0. The molecule has 0 bridgehead atoms. The predicted octanol–water partition coefficient (Wildman–Crippen LogP) is 24.4. The van der Waals surface area contributed by atoms with Crippen LogP contribution >= 0.6 is 15.9 Å². The van der Waals surface area contributed by atoms with E-state index >= 15 is 0 Å². The van der Waals surface area contributed by atoms with Crippen LogP contribution in [0, 0.1) is 0 Å². The molecule has 21 rings (SSSR count). The predicted molar refractivity (Wildman–Crippen MR) is 457 cm³/mol. The molecule has 3 aliphatic heterocycles. The van der Waals surface area contributed by atoms with Gasteiger partial charge >= 0.3 is 21.1 Å². The lowest BCUT2D eigenvalue weighted by Gasteiger charge is -2.32. The van der Waals surface area contributed by atoms with Crippen LogP contribution in [0.2, 0.25) is 0 Å². The third-order valence-corrected chi connectivity index (χ3v) is 26.6. The third-order valence-electron chi connectivity index (χ3n) is 26.1. The van der Waals surface area contributed by atoms with Crippen LogP contribution in [0.15, 0.2) is 247 Å². The smallest absolute Gasteiger partial charge is 0.405 e. The van der Waals surface area contributed by atoms with Gasteiger partial charge < -0.3 is 37.1 Å². The average Bonchev–Trinajstić information content (AvgIpc) is 1.53. The van der Waals surface area contributed by atoms with Gasteiger partial charge in [0.1, 0.15) is 0 Å². The summed E-state index contributed by atoms with van der Waals surface area (Å²) in [5.74, 6) is 0. The van der Waals surface area contributed by atoms with E-state index < -0.39 is 32.3 Å². The fourth-order valence-electron chi connectivity index (χ4n) is 18.4. The van der Waals surface area contributed by atoms with Gasteiger partial charge in [0.2, 0.25) is 0 Å². The molecule has 3 fully saturated rings. The van der Waals surface area contributed by atoms with Crippen molar-refractivity contribution in [3.8, 4) is 33.6 Å². The molecule has 0 amide bonds. The highest BCUT2D eigenvalue weighted by Crippen LogP contribution is 2.58. The quantitative estimate of drug-likeness (QED) is 0.129. The molecule has 5 aliphatic rings. The molecular formula is C96H88B3BrN2O6. The Balaban J connectivity index is 0.000000121. The summed E-state index contributed by atoms with van der Waals surface area (Å²) in [7, 11) is -1.38. The highest BCUT2D eigenvalue weighted by molar-refractivity contribution is 9.10. The zero-order valence-corrected chi connectivity index (χ0v) is 66.1. The Morgan fingerprint density at radius 3 is 0.926 bits per heavy atom. The van der Waals surface area contributed by atoms with Crippen molar-refractivity contribution < 1.29 is 27.9 Å². The molecule has 5 heterocycles. The normalized spacial score (nSPS) is 18.5. The van der Waals surface area contributed by atoms with Crippen LogP contribution in [0.4, 0.5) is 0 Å². The molecule has 0 radical (unpaired) electrons. The Bertz CT molecular complexity index is 6460. The van der Waals surface area contributed by atoms with Gasteiger partial charge in [0, 0.05) is 48.2 Å². The van der Waals surface area contributed by atoms with Crippen molar-refractivity contribution in [2.24, 2.45) is 0 Å². The summed E-state index contributed by atoms with van der Waals surface area (Å²) >= 11 is 3.73. The number of fused-ring (bicyclic) bond motifs is 26. The summed E-state index contributed by atoms with van der Waals surface area (Å²) in [5.41, 5.74) is 16.6. The summed E-state index contributed by atoms with van der Waals surface area (Å²) in [5, 5.41) is 20.9. The molecule has 2 aromatic heterocycles. The van der Waals surface area contributed by atoms with E-state index in [1.807, 2.05) is 55.4 Å². The van der Waals surface area contributed by atoms with E-state index in [4.69, 9.17) is 27.9 Å². The van der Waals surface area contributed by atoms with Gasteiger partial charge in [0.15, 0.2) is 0 Å². The first-order chi connectivity index (χ1) is 51.5. The van der Waals surface area contributed by atoms with E-state index in [1.165, 1.54) is 158 Å². The van der Waals surface area contributed by atoms with Gasteiger partial charge in [-0.2, -0.15) is 0 Å². The maximum absolute atomic E-state index is 6.51. The standard InChI is InChI=1S/C45H38BNO2.C39H26BrN.C12H24B2O4/c1-43(2)39-26-37-32-19-10-8-17-30(32)29-16-7-9-18-31(29)36(37)25-38(39)34-22-23-35-33-20-11-12-21-40(33)47(42(35)41(34)43)28-15-13-14-27(24-28)46-48-44(3,4)45(5,6)49-46;1-39(2)35-22-33-28-15-6-4-13-26(28)25-12-3-5-14-27(25)32(33)21-34(35)30-18-19-31-29-16-7-8-17-36(29)41(38(31)37(30)39)24-11-9-10-23(40)20-24;1-9(2)10(3,4)16-13(15-9)14-17-11(5,6)12(7,8)18-14/h7-26H,1-6H3;3-22H,1-2H3;1-8H3. The Kier molecular flexibility index (Phi) is 15.3. The monoisotopic (exact) mass is 1480 g/mol. The van der Waals surface area contributed by atoms with Crippen molar-refractivity contribution in [1.82, 2.24) is 9.13 Å². The Morgan fingerprint density at radius 1 is 0.259 bits per heavy atom. The maximum Gasteiger partial charge on any atom is 0.494 e. The molecule has 8 nitrogen and oxygen atoms in total. The van der Waals surface area contributed by atoms with Crippen molar-refractivity contribution in [3.05, 3.63) is 269 Å². The minimum atomic E-state index is -0.476. The zero-order valence-electron chi connectivity index (χ0n) is 64.5. The molecule has 14 aromatic carbocycles. The van der Waals surface area contributed by atoms with Crippen molar-refractivity contribution in [2.45, 2.75) is 155 Å². The van der Waals surface area contributed by atoms with Crippen molar-refractivity contribution >= 4 is 151 Å². The van der Waals surface area contributed by atoms with Crippen molar-refractivity contribution in [3.63, 3.8) is 0 Å². The lowest BCUT2D eigenvalue weighted by atomic mass is 9.49. The zero-order chi connectivity index (χ0) is 74.9. The van der Waals surface area contributed by atoms with Crippen molar-refractivity contribution in [2.75, 3.05) is 0 Å². The van der Waals surface area contributed by atoms with Gasteiger partial charge in [0.05, 0.1) is 55.7 Å². The first kappa shape index (κ1) is 69.2. The number of para-hydroxylation sites is 2. The third kappa shape index (κ3) is 10.1. The highest BCUT2D eigenvalue weighted by atomic mass is 79.9. The van der Waals surface area contributed by atoms with Gasteiger partial charge in [-0.1, -0.05) is 220 Å². The number of rotatable bonds is 4. The van der Waals surface area contributed by atoms with E-state index in [1.54, 1.807) is 0 Å². The van der Waals surface area contributed by atoms with E-state index in [0.717, 1.165) is 15.6 Å². The summed E-state index contributed by atoms with van der Waals surface area (Å²) < 4.78 is 42.9. The summed E-state index contributed by atoms with van der Waals surface area (Å²) in [6.07, 6.45) is 0. The first-order valence-corrected chi connectivity index (χ1v) is 39.1. The molecule has 0 unspecified atom stereocenters. The molecule has 0 spiro atoms. The minimum absolute atomic E-state index is 0.177. The lowest BCUT2D eigenvalue weighted by Crippen LogP contribution is -2.41. The van der Waals surface area contributed by atoms with Crippen LogP contribution in [-0.4, -0.2) is 63.9 Å². The number of aromatic nitrogens is 2. The highest BCUT2D eigenvalue weighted by Gasteiger charge is 2.64. The minimum Gasteiger partial charge on any atom is -0.405 e. The van der Waals surface area contributed by atoms with Gasteiger partial charge in [-0.15, -0.1) is 0 Å². The number of benzene rings is 14. The fraction of sp³-hybridized carbons (Fsp3) is 0.250. The largest absolute Gasteiger partial charge is 0.494 e. The van der Waals surface area contributed by atoms with Crippen LogP contribution in [0.3, 0.4) is 0 Å². The molecule has 0 saturated carbocycles. The molecule has 0 N–H and O–H groups in total. The Morgan fingerprint density at radius 2 is 0.565 bits per heavy atom. The lowest BCUT2D eigenvalue weighted by molar-refractivity contribution is 0.00578. The van der Waals surface area contributed by atoms with Gasteiger partial charge in [-0.3, -0.25) is 0 Å². The average molecular weight is 1480 g/mol. The first-order valence-electron chi connectivity index (χ1n) is 38.3. The van der Waals surface area contributed by atoms with E-state index in [-0.39, 0.29) is 33.2 Å². The van der Waals surface area contributed by atoms with Crippen LogP contribution in [-0.2, 0) is 38.8 Å². The fourth-order valence-corrected chi connectivity index (χ4v) is 18.8. The van der Waals surface area contributed by atoms with Crippen LogP contribution in [0.1, 0.15) is 133 Å². The second kappa shape index (κ2) is 23.8. The van der Waals surface area contributed by atoms with E-state index in [9.17, 15) is 0 Å². The summed E-state index contributed by atoms with van der Waals surface area (Å²) in [6.45, 7) is 34.3. The van der Waals surface area contributed by atoms with E-state index in [0.29, 0.717) is 0 Å². The number of hydrogen-bond acceptors (Lipinski definition) is 6. The Labute approximate surface area is 641 Å². The SMILES string of the molecule is CC1(C)OB(B2OC(C)(C)C(C)(C)O2)OC1(C)C.CC1(C)c2cc3c4ccccc4c4ccccc4c3cc2-c2ccc3c4ccccc4n(-c4cccc(B5OC(C)(C)C(C)(C)O5)c4)c3c21.CC1(C)c2cc3c4ccccc4c4ccccc4c3cc2-c2ccc3c4ccccc4n(-c4cccc(Br)c4)c3c21. The number of halogens is 1. The van der Waals surface area contributed by atoms with Crippen LogP contribution in [0.5, 0.6) is 0 Å². The van der Waals surface area contributed by atoms with Crippen LogP contribution < -0.4 is 5.46 Å². The summed E-state index contributed by atoms with van der Waals surface area (Å²) in [4.78, 5) is 0. The molecule has 534 valence electrons. The molecule has 3 saturated heterocycles. The van der Waals surface area contributed by atoms with E-state index in [2.05, 4.69) is 323 Å². The van der Waals surface area contributed by atoms with Crippen molar-refractivity contribution in [1.29, 1.82) is 0 Å².